The zero-order valence-electron chi connectivity index (χ0n) is 21.9. The fourth-order valence-corrected chi connectivity index (χ4v) is 3.76. The minimum Gasteiger partial charge on any atom is -0.466 e. The van der Waals surface area contributed by atoms with Crippen molar-refractivity contribution in [3.05, 3.63) is 34.9 Å². The van der Waals surface area contributed by atoms with Gasteiger partial charge in [0.05, 0.1) is 19.6 Å². The van der Waals surface area contributed by atoms with Crippen LogP contribution in [0.3, 0.4) is 0 Å². The number of ether oxygens (including phenoxy) is 2. The Balaban J connectivity index is 3.31. The zero-order valence-corrected chi connectivity index (χ0v) is 22.8. The van der Waals surface area contributed by atoms with Gasteiger partial charge in [-0.1, -0.05) is 23.8 Å². The van der Waals surface area contributed by atoms with E-state index >= 15 is 0 Å². The lowest BCUT2D eigenvalue weighted by Gasteiger charge is -2.34. The van der Waals surface area contributed by atoms with E-state index in [0.717, 1.165) is 11.1 Å². The molecule has 0 spiro atoms. The summed E-state index contributed by atoms with van der Waals surface area (Å²) >= 11 is 4.21. The molecule has 0 fully saturated rings. The lowest BCUT2D eigenvalue weighted by atomic mass is 9.96. The van der Waals surface area contributed by atoms with Gasteiger partial charge in [0.25, 0.3) is 0 Å². The molecule has 0 aliphatic heterocycles. The number of nitrogens with one attached hydrogen (secondary N) is 2. The van der Waals surface area contributed by atoms with E-state index in [4.69, 9.17) is 9.47 Å². The number of aryl methyl sites for hydroxylation is 2. The molecule has 202 valence electrons. The highest BCUT2D eigenvalue weighted by Gasteiger charge is 2.36. The maximum absolute atomic E-state index is 13.6. The van der Waals surface area contributed by atoms with Crippen LogP contribution in [-0.4, -0.2) is 77.6 Å². The first kappa shape index (κ1) is 31.2. The van der Waals surface area contributed by atoms with E-state index in [1.807, 2.05) is 26.0 Å². The van der Waals surface area contributed by atoms with Crippen molar-refractivity contribution in [2.45, 2.75) is 65.6 Å². The highest BCUT2D eigenvalue weighted by Crippen LogP contribution is 2.26. The van der Waals surface area contributed by atoms with Gasteiger partial charge < -0.3 is 30.1 Å². The third-order valence-electron chi connectivity index (χ3n) is 5.01. The second-order valence-electron chi connectivity index (χ2n) is 9.25. The molecule has 11 heteroatoms. The molecule has 3 amide bonds. The fraction of sp³-hybridized carbons (Fsp3) is 0.600. The average Bonchev–Trinajstić information content (AvgIpc) is 2.77. The van der Waals surface area contributed by atoms with Gasteiger partial charge in [0, 0.05) is 18.8 Å². The molecule has 0 aromatic heterocycles. The average molecular weight is 526 g/mol. The second kappa shape index (κ2) is 14.7. The Labute approximate surface area is 218 Å². The van der Waals surface area contributed by atoms with Crippen molar-refractivity contribution >= 4 is 36.5 Å². The Hall–Kier alpha value is -2.79. The van der Waals surface area contributed by atoms with E-state index in [0.29, 0.717) is 5.56 Å². The number of rotatable bonds is 12. The first-order chi connectivity index (χ1) is 16.8. The Kier molecular flexibility index (Phi) is 12.8. The lowest BCUT2D eigenvalue weighted by Crippen LogP contribution is -2.54. The Morgan fingerprint density at radius 2 is 1.83 bits per heavy atom. The second-order valence-corrected chi connectivity index (χ2v) is 9.61. The number of nitrogens with zero attached hydrogens (tertiary/aromatic N) is 1. The Morgan fingerprint density at radius 1 is 1.17 bits per heavy atom. The molecule has 0 aliphatic rings. The summed E-state index contributed by atoms with van der Waals surface area (Å²) in [6.07, 6.45) is -0.840. The number of aliphatic hydroxyl groups is 1. The molecule has 0 saturated heterocycles. The number of hydrogen-bond acceptors (Lipinski definition) is 8. The van der Waals surface area contributed by atoms with Crippen LogP contribution in [0.4, 0.5) is 4.79 Å². The van der Waals surface area contributed by atoms with Gasteiger partial charge >= 0.3 is 12.1 Å². The standard InChI is InChI=1S/C25H39N3O7S/c1-7-34-20(30)10-11-26-22(31)21(18-9-8-16(2)14-17(18)3)28(12-13-29)23(32)19(15-36)27-24(33)35-25(4,5)6/h8-9,14,19,21,29,36H,7,10-13,15H2,1-6H3,(H,26,31)(H,27,33). The fourth-order valence-electron chi connectivity index (χ4n) is 3.51. The predicted octanol–water partition coefficient (Wildman–Crippen LogP) is 2.06. The van der Waals surface area contributed by atoms with Crippen molar-refractivity contribution in [2.24, 2.45) is 0 Å². The Morgan fingerprint density at radius 3 is 2.36 bits per heavy atom. The third-order valence-corrected chi connectivity index (χ3v) is 5.37. The van der Waals surface area contributed by atoms with Crippen LogP contribution < -0.4 is 10.6 Å². The van der Waals surface area contributed by atoms with Crippen LogP contribution in [0.15, 0.2) is 18.2 Å². The topological polar surface area (TPSA) is 134 Å². The highest BCUT2D eigenvalue weighted by molar-refractivity contribution is 7.80. The summed E-state index contributed by atoms with van der Waals surface area (Å²) < 4.78 is 10.1. The minimum absolute atomic E-state index is 0.00634. The van der Waals surface area contributed by atoms with E-state index in [1.165, 1.54) is 4.90 Å². The van der Waals surface area contributed by atoms with Crippen LogP contribution in [0.2, 0.25) is 0 Å². The van der Waals surface area contributed by atoms with Gasteiger partial charge in [-0.25, -0.2) is 4.79 Å². The van der Waals surface area contributed by atoms with Crippen molar-refractivity contribution in [2.75, 3.05) is 32.1 Å². The largest absolute Gasteiger partial charge is 0.466 e. The van der Waals surface area contributed by atoms with Crippen molar-refractivity contribution in [3.63, 3.8) is 0 Å². The molecule has 1 rings (SSSR count). The zero-order chi connectivity index (χ0) is 27.5. The van der Waals surface area contributed by atoms with Gasteiger partial charge in [0.1, 0.15) is 17.7 Å². The molecule has 0 aliphatic carbocycles. The van der Waals surface area contributed by atoms with E-state index in [-0.39, 0.29) is 31.9 Å². The molecule has 0 heterocycles. The summed E-state index contributed by atoms with van der Waals surface area (Å²) in [5.41, 5.74) is 1.50. The number of esters is 1. The number of aliphatic hydroxyl groups excluding tert-OH is 1. The summed E-state index contributed by atoms with van der Waals surface area (Å²) in [5, 5.41) is 14.9. The summed E-state index contributed by atoms with van der Waals surface area (Å²) in [4.78, 5) is 52.2. The quantitative estimate of drug-likeness (QED) is 0.242. The Bertz CT molecular complexity index is 917. The number of amides is 3. The van der Waals surface area contributed by atoms with E-state index in [1.54, 1.807) is 33.8 Å². The maximum Gasteiger partial charge on any atom is 0.408 e. The molecular formula is C25H39N3O7S. The first-order valence-corrected chi connectivity index (χ1v) is 12.5. The predicted molar refractivity (Wildman–Crippen MR) is 139 cm³/mol. The number of alkyl carbamates (subject to hydrolysis) is 1. The molecule has 0 radical (unpaired) electrons. The van der Waals surface area contributed by atoms with E-state index < -0.39 is 48.2 Å². The monoisotopic (exact) mass is 525 g/mol. The molecule has 2 atom stereocenters. The van der Waals surface area contributed by atoms with Gasteiger partial charge in [0.2, 0.25) is 11.8 Å². The van der Waals surface area contributed by atoms with E-state index in [9.17, 15) is 24.3 Å². The van der Waals surface area contributed by atoms with Gasteiger partial charge in [-0.2, -0.15) is 12.6 Å². The number of carbonyl (C=O) groups excluding carboxylic acids is 4. The highest BCUT2D eigenvalue weighted by atomic mass is 32.1. The van der Waals surface area contributed by atoms with Crippen molar-refractivity contribution in [1.29, 1.82) is 0 Å². The third kappa shape index (κ3) is 10.1. The van der Waals surface area contributed by atoms with Crippen LogP contribution in [0.5, 0.6) is 0 Å². The summed E-state index contributed by atoms with van der Waals surface area (Å²) in [6, 6.07) is 3.20. The molecule has 1 aromatic rings. The van der Waals surface area contributed by atoms with Crippen molar-refractivity contribution < 1.29 is 33.8 Å². The summed E-state index contributed by atoms with van der Waals surface area (Å²) in [5.74, 6) is -1.68. The van der Waals surface area contributed by atoms with Gasteiger partial charge in [-0.3, -0.25) is 14.4 Å². The molecule has 0 saturated carbocycles. The van der Waals surface area contributed by atoms with Gasteiger partial charge in [0.15, 0.2) is 0 Å². The molecule has 2 unspecified atom stereocenters. The number of hydrogen-bond donors (Lipinski definition) is 4. The van der Waals surface area contributed by atoms with Crippen LogP contribution in [-0.2, 0) is 23.9 Å². The number of carbonyl (C=O) groups is 4. The molecule has 3 N–H and O–H groups in total. The molecule has 36 heavy (non-hydrogen) atoms. The van der Waals surface area contributed by atoms with Crippen LogP contribution in [0.25, 0.3) is 0 Å². The van der Waals surface area contributed by atoms with Crippen LogP contribution >= 0.6 is 12.6 Å². The SMILES string of the molecule is CCOC(=O)CCNC(=O)C(c1ccc(C)cc1C)N(CCO)C(=O)C(CS)NC(=O)OC(C)(C)C. The van der Waals surface area contributed by atoms with Crippen molar-refractivity contribution in [3.8, 4) is 0 Å². The molecular weight excluding hydrogens is 486 g/mol. The normalized spacial score (nSPS) is 12.8. The van der Waals surface area contributed by atoms with Crippen LogP contribution in [0.1, 0.15) is 56.8 Å². The molecule has 1 aromatic carbocycles. The number of benzene rings is 1. The first-order valence-electron chi connectivity index (χ1n) is 11.9. The summed E-state index contributed by atoms with van der Waals surface area (Å²) in [7, 11) is 0. The summed E-state index contributed by atoms with van der Waals surface area (Å²) in [6.45, 7) is 10.1. The minimum atomic E-state index is -1.13. The molecule has 10 nitrogen and oxygen atoms in total. The number of thiol groups is 1. The lowest BCUT2D eigenvalue weighted by molar-refractivity contribution is -0.144. The van der Waals surface area contributed by atoms with E-state index in [2.05, 4.69) is 23.3 Å². The van der Waals surface area contributed by atoms with Gasteiger partial charge in [-0.05, 0) is 52.7 Å². The molecule has 0 bridgehead atoms. The maximum atomic E-state index is 13.6. The van der Waals surface area contributed by atoms with Gasteiger partial charge in [-0.15, -0.1) is 0 Å². The van der Waals surface area contributed by atoms with Crippen molar-refractivity contribution in [1.82, 2.24) is 15.5 Å². The smallest absolute Gasteiger partial charge is 0.408 e. The van der Waals surface area contributed by atoms with Crippen LogP contribution in [0, 0.1) is 13.8 Å².